The van der Waals surface area contributed by atoms with Crippen molar-refractivity contribution in [2.75, 3.05) is 13.2 Å². The van der Waals surface area contributed by atoms with E-state index in [1.54, 1.807) is 18.2 Å². The molecule has 5 rings (SSSR count). The summed E-state index contributed by atoms with van der Waals surface area (Å²) in [7, 11) is 0. The van der Waals surface area contributed by atoms with Gasteiger partial charge in [0.05, 0.1) is 12.7 Å². The van der Waals surface area contributed by atoms with Crippen LogP contribution < -0.4 is 15.8 Å². The number of nitrogens with two attached hydrogens (primary N) is 1. The van der Waals surface area contributed by atoms with Crippen molar-refractivity contribution in [2.24, 2.45) is 39.2 Å². The average molecular weight is 571 g/mol. The van der Waals surface area contributed by atoms with E-state index in [0.29, 0.717) is 24.4 Å². The van der Waals surface area contributed by atoms with Crippen LogP contribution >= 0.6 is 0 Å². The maximum Gasteiger partial charge on any atom is 0.344 e. The van der Waals surface area contributed by atoms with Gasteiger partial charge in [-0.15, -0.1) is 0 Å². The lowest BCUT2D eigenvalue weighted by molar-refractivity contribution is -0.260. The Morgan fingerprint density at radius 3 is 2.68 bits per heavy atom. The van der Waals surface area contributed by atoms with E-state index in [2.05, 4.69) is 33.0 Å². The van der Waals surface area contributed by atoms with E-state index in [-0.39, 0.29) is 41.2 Å². The van der Waals surface area contributed by atoms with E-state index < -0.39 is 42.1 Å². The number of nitrogens with one attached hydrogen (secondary N) is 1. The maximum atomic E-state index is 13.3. The Morgan fingerprint density at radius 1 is 1.22 bits per heavy atom. The highest BCUT2D eigenvalue weighted by Crippen LogP contribution is 2.81. The molecule has 1 amide bonds. The number of esters is 1. The SMILES string of the molecule is CC[C@]1(C)C[C@@H](OC(=O)COc2cccc(CNC(=O)[C@H](N)CO)c2)[C@]2(C)CCC34CC(CCC3=O)(C42)[C@@H](C)[C@@H]1O. The Labute approximate surface area is 242 Å². The summed E-state index contributed by atoms with van der Waals surface area (Å²) < 4.78 is 12.1. The molecule has 5 N–H and O–H groups in total. The van der Waals surface area contributed by atoms with E-state index in [1.165, 1.54) is 0 Å². The molecule has 0 aliphatic heterocycles. The lowest BCUT2D eigenvalue weighted by Gasteiger charge is -2.71. The molecule has 1 aromatic carbocycles. The number of rotatable bonds is 9. The Balaban J connectivity index is 1.31. The van der Waals surface area contributed by atoms with Crippen LogP contribution in [0.15, 0.2) is 24.3 Å². The third-order valence-electron chi connectivity index (χ3n) is 11.7. The van der Waals surface area contributed by atoms with Crippen molar-refractivity contribution < 1.29 is 34.1 Å². The molecule has 41 heavy (non-hydrogen) atoms. The summed E-state index contributed by atoms with van der Waals surface area (Å²) in [5, 5.41) is 23.4. The van der Waals surface area contributed by atoms with Gasteiger partial charge >= 0.3 is 5.97 Å². The van der Waals surface area contributed by atoms with Gasteiger partial charge in [0.15, 0.2) is 6.61 Å². The van der Waals surface area contributed by atoms with Crippen molar-refractivity contribution in [2.45, 2.75) is 97.4 Å². The summed E-state index contributed by atoms with van der Waals surface area (Å²) in [5.74, 6) is 0.0746. The highest BCUT2D eigenvalue weighted by atomic mass is 16.6. The van der Waals surface area contributed by atoms with Crippen LogP contribution in [0.25, 0.3) is 0 Å². The van der Waals surface area contributed by atoms with E-state index in [1.807, 2.05) is 6.07 Å². The van der Waals surface area contributed by atoms with Crippen molar-refractivity contribution in [3.63, 3.8) is 0 Å². The molecule has 3 unspecified atom stereocenters. The fraction of sp³-hybridized carbons (Fsp3) is 0.719. The molecule has 2 spiro atoms. The van der Waals surface area contributed by atoms with Crippen molar-refractivity contribution in [3.8, 4) is 5.75 Å². The molecule has 0 radical (unpaired) electrons. The minimum absolute atomic E-state index is 0.0764. The number of ether oxygens (including phenoxy) is 2. The van der Waals surface area contributed by atoms with Gasteiger partial charge in [0.2, 0.25) is 5.91 Å². The minimum atomic E-state index is -0.986. The second-order valence-electron chi connectivity index (χ2n) is 13.8. The molecule has 9 heteroatoms. The molecule has 1 aromatic rings. The van der Waals surface area contributed by atoms with Crippen molar-refractivity contribution in [1.82, 2.24) is 5.32 Å². The number of amides is 1. The molecule has 0 heterocycles. The zero-order valence-electron chi connectivity index (χ0n) is 24.8. The molecular weight excluding hydrogens is 524 g/mol. The first-order valence-electron chi connectivity index (χ1n) is 15.1. The Bertz CT molecular complexity index is 1210. The maximum absolute atomic E-state index is 13.3. The fourth-order valence-electron chi connectivity index (χ4n) is 9.30. The number of ketones is 1. The van der Waals surface area contributed by atoms with Gasteiger partial charge in [0, 0.05) is 23.8 Å². The largest absolute Gasteiger partial charge is 0.482 e. The van der Waals surface area contributed by atoms with Gasteiger partial charge in [0.1, 0.15) is 23.7 Å². The second kappa shape index (κ2) is 10.7. The molecule has 9 nitrogen and oxygen atoms in total. The summed E-state index contributed by atoms with van der Waals surface area (Å²) in [5.41, 5.74) is 5.09. The molecule has 2 bridgehead atoms. The van der Waals surface area contributed by atoms with Gasteiger partial charge < -0.3 is 30.7 Å². The van der Waals surface area contributed by atoms with Gasteiger partial charge in [-0.25, -0.2) is 4.79 Å². The molecular formula is C32H46N2O7. The predicted molar refractivity (Wildman–Crippen MR) is 151 cm³/mol. The zero-order chi connectivity index (χ0) is 29.8. The third-order valence-corrected chi connectivity index (χ3v) is 11.7. The number of hydrogen-bond acceptors (Lipinski definition) is 8. The van der Waals surface area contributed by atoms with Crippen molar-refractivity contribution in [1.29, 1.82) is 0 Å². The van der Waals surface area contributed by atoms with Crippen LogP contribution in [0.5, 0.6) is 5.75 Å². The van der Waals surface area contributed by atoms with Gasteiger partial charge in [-0.1, -0.05) is 39.8 Å². The van der Waals surface area contributed by atoms with E-state index in [9.17, 15) is 19.5 Å². The van der Waals surface area contributed by atoms with Crippen LogP contribution in [0.4, 0.5) is 0 Å². The summed E-state index contributed by atoms with van der Waals surface area (Å²) in [6.07, 6.45) is 4.23. The number of Topliss-reactive ketones (excluding diaryl/α,β-unsaturated/α-hetero) is 1. The molecule has 9 atom stereocenters. The first-order chi connectivity index (χ1) is 19.3. The number of benzene rings is 1. The predicted octanol–water partition coefficient (Wildman–Crippen LogP) is 2.89. The number of hydrogen-bond donors (Lipinski definition) is 4. The lowest BCUT2D eigenvalue weighted by Crippen LogP contribution is -2.71. The molecule has 4 aliphatic rings. The van der Waals surface area contributed by atoms with Crippen LogP contribution in [0.1, 0.15) is 78.2 Å². The standard InChI is InChI=1S/C32H46N2O7/c1-5-29(3)14-24(30(4)11-12-32-18-31(28(30)32,10-9-23(32)36)19(2)26(29)38)41-25(37)17-40-21-8-6-7-20(13-21)15-34-27(39)22(33)16-35/h6-8,13,19,22,24,26,28,35,38H,5,9-12,14-18,33H2,1-4H3,(H,34,39)/t19-,22+,24+,26-,28?,29+,30-,31?,32?/m0/s1. The number of aliphatic hydroxyl groups excluding tert-OH is 2. The minimum Gasteiger partial charge on any atom is -0.482 e. The summed E-state index contributed by atoms with van der Waals surface area (Å²) in [6, 6.07) is 6.05. The molecule has 0 saturated heterocycles. The number of carbonyl (C=O) groups is 3. The lowest BCUT2D eigenvalue weighted by atomic mass is 9.32. The summed E-state index contributed by atoms with van der Waals surface area (Å²) in [6.45, 7) is 8.08. The number of aliphatic hydroxyl groups is 2. The molecule has 0 aromatic heterocycles. The van der Waals surface area contributed by atoms with E-state index >= 15 is 0 Å². The van der Waals surface area contributed by atoms with Crippen LogP contribution in [-0.2, 0) is 25.7 Å². The summed E-state index contributed by atoms with van der Waals surface area (Å²) >= 11 is 0. The second-order valence-corrected chi connectivity index (χ2v) is 13.8. The first kappa shape index (κ1) is 30.0. The topological polar surface area (TPSA) is 148 Å². The smallest absolute Gasteiger partial charge is 0.344 e. The van der Waals surface area contributed by atoms with E-state index in [4.69, 9.17) is 20.3 Å². The number of carbonyl (C=O) groups excluding carboxylic acids is 3. The monoisotopic (exact) mass is 570 g/mol. The highest BCUT2D eigenvalue weighted by Gasteiger charge is 2.80. The van der Waals surface area contributed by atoms with Gasteiger partial charge in [-0.2, -0.15) is 0 Å². The molecule has 4 fully saturated rings. The third kappa shape index (κ3) is 4.68. The quantitative estimate of drug-likeness (QED) is 0.331. The summed E-state index contributed by atoms with van der Waals surface area (Å²) in [4.78, 5) is 38.5. The molecule has 4 saturated carbocycles. The van der Waals surface area contributed by atoms with Gasteiger partial charge in [-0.3, -0.25) is 9.59 Å². The van der Waals surface area contributed by atoms with Crippen molar-refractivity contribution in [3.05, 3.63) is 29.8 Å². The Kier molecular flexibility index (Phi) is 7.79. The highest BCUT2D eigenvalue weighted by molar-refractivity contribution is 5.89. The van der Waals surface area contributed by atoms with Crippen LogP contribution in [-0.4, -0.2) is 59.3 Å². The van der Waals surface area contributed by atoms with Crippen molar-refractivity contribution >= 4 is 17.7 Å². The molecule has 226 valence electrons. The fourth-order valence-corrected chi connectivity index (χ4v) is 9.30. The zero-order valence-corrected chi connectivity index (χ0v) is 24.8. The molecule has 4 aliphatic carbocycles. The van der Waals surface area contributed by atoms with Crippen LogP contribution in [0.2, 0.25) is 0 Å². The normalized spacial score (nSPS) is 39.9. The Hall–Kier alpha value is -2.49. The van der Waals surface area contributed by atoms with Crippen LogP contribution in [0.3, 0.4) is 0 Å². The van der Waals surface area contributed by atoms with Gasteiger partial charge in [-0.05, 0) is 78.9 Å². The van der Waals surface area contributed by atoms with Crippen LogP contribution in [0, 0.1) is 33.5 Å². The van der Waals surface area contributed by atoms with E-state index in [0.717, 1.165) is 37.7 Å². The first-order valence-corrected chi connectivity index (χ1v) is 15.1. The Morgan fingerprint density at radius 2 is 1.98 bits per heavy atom. The van der Waals surface area contributed by atoms with Gasteiger partial charge in [0.25, 0.3) is 0 Å². The average Bonchev–Trinajstić information content (AvgIpc) is 3.22.